The van der Waals surface area contributed by atoms with E-state index < -0.39 is 34.6 Å². The predicted octanol–water partition coefficient (Wildman–Crippen LogP) is 2.88. The minimum Gasteiger partial charge on any atom is -0.394 e. The van der Waals surface area contributed by atoms with Gasteiger partial charge in [0.25, 0.3) is 5.91 Å². The summed E-state index contributed by atoms with van der Waals surface area (Å²) in [6.07, 6.45) is -2.22. The number of alkyl halides is 3. The molecule has 0 heterocycles. The predicted molar refractivity (Wildman–Crippen MR) is 67.2 cm³/mol. The zero-order valence-corrected chi connectivity index (χ0v) is 11.1. The van der Waals surface area contributed by atoms with E-state index in [1.807, 2.05) is 0 Å². The Kier molecular flexibility index (Phi) is 4.22. The minimum absolute atomic E-state index is 0.320. The molecule has 2 rings (SSSR count). The average Bonchev–Trinajstić information content (AvgIpc) is 2.86. The summed E-state index contributed by atoms with van der Waals surface area (Å²) >= 11 is 0. The third kappa shape index (κ3) is 3.18. The average molecular weight is 305 g/mol. The molecule has 1 aliphatic rings. The van der Waals surface area contributed by atoms with Crippen molar-refractivity contribution in [3.05, 3.63) is 35.1 Å². The fraction of sp³-hybridized carbons (Fsp3) is 0.500. The number of hydrogen-bond donors (Lipinski definition) is 2. The molecule has 0 atom stereocenters. The van der Waals surface area contributed by atoms with E-state index in [9.17, 15) is 27.5 Å². The summed E-state index contributed by atoms with van der Waals surface area (Å²) in [5.41, 5.74) is -3.00. The van der Waals surface area contributed by atoms with Crippen molar-refractivity contribution in [3.63, 3.8) is 0 Å². The molecular weight excluding hydrogens is 290 g/mol. The van der Waals surface area contributed by atoms with Crippen LogP contribution in [0, 0.1) is 5.82 Å². The first-order valence-corrected chi connectivity index (χ1v) is 6.58. The topological polar surface area (TPSA) is 49.3 Å². The first-order chi connectivity index (χ1) is 9.79. The van der Waals surface area contributed by atoms with Gasteiger partial charge in [-0.3, -0.25) is 4.79 Å². The van der Waals surface area contributed by atoms with E-state index in [0.29, 0.717) is 18.9 Å². The molecule has 0 aromatic heterocycles. The minimum atomic E-state index is -4.86. The Morgan fingerprint density at radius 3 is 2.43 bits per heavy atom. The summed E-state index contributed by atoms with van der Waals surface area (Å²) in [4.78, 5) is 12.0. The van der Waals surface area contributed by atoms with Crippen molar-refractivity contribution in [2.24, 2.45) is 0 Å². The van der Waals surface area contributed by atoms with Gasteiger partial charge in [0, 0.05) is 0 Å². The van der Waals surface area contributed by atoms with Crippen molar-refractivity contribution < 1.29 is 27.5 Å². The van der Waals surface area contributed by atoms with Crippen LogP contribution in [0.15, 0.2) is 18.2 Å². The van der Waals surface area contributed by atoms with E-state index in [-0.39, 0.29) is 6.61 Å². The fourth-order valence-electron chi connectivity index (χ4n) is 2.61. The molecular formula is C14H15F4NO2. The number of carbonyl (C=O) groups excluding carboxylic acids is 1. The lowest BCUT2D eigenvalue weighted by Gasteiger charge is -2.28. The largest absolute Gasteiger partial charge is 0.419 e. The second-order valence-corrected chi connectivity index (χ2v) is 5.26. The molecule has 0 radical (unpaired) electrons. The zero-order chi connectivity index (χ0) is 15.7. The lowest BCUT2D eigenvalue weighted by Crippen LogP contribution is -2.49. The van der Waals surface area contributed by atoms with Gasteiger partial charge in [-0.25, -0.2) is 4.39 Å². The van der Waals surface area contributed by atoms with Crippen LogP contribution < -0.4 is 5.32 Å². The second kappa shape index (κ2) is 5.63. The van der Waals surface area contributed by atoms with Crippen LogP contribution in [0.1, 0.15) is 41.6 Å². The lowest BCUT2D eigenvalue weighted by atomic mass is 9.98. The maximum absolute atomic E-state index is 13.9. The maximum Gasteiger partial charge on any atom is 0.419 e. The molecule has 0 unspecified atom stereocenters. The number of aliphatic hydroxyl groups is 1. The van der Waals surface area contributed by atoms with Gasteiger partial charge in [-0.05, 0) is 25.0 Å². The zero-order valence-electron chi connectivity index (χ0n) is 11.1. The van der Waals surface area contributed by atoms with Crippen LogP contribution in [-0.2, 0) is 6.18 Å². The number of halogens is 4. The summed E-state index contributed by atoms with van der Waals surface area (Å²) in [6.45, 7) is -0.320. The molecule has 3 nitrogen and oxygen atoms in total. The fourth-order valence-corrected chi connectivity index (χ4v) is 2.61. The highest BCUT2D eigenvalue weighted by Crippen LogP contribution is 2.33. The second-order valence-electron chi connectivity index (χ2n) is 5.26. The van der Waals surface area contributed by atoms with Gasteiger partial charge in [0.05, 0.1) is 23.3 Å². The number of carbonyl (C=O) groups is 1. The molecule has 116 valence electrons. The van der Waals surface area contributed by atoms with Gasteiger partial charge in [0.15, 0.2) is 0 Å². The first-order valence-electron chi connectivity index (χ1n) is 6.58. The summed E-state index contributed by atoms with van der Waals surface area (Å²) in [5.74, 6) is -2.52. The van der Waals surface area contributed by atoms with Gasteiger partial charge >= 0.3 is 6.18 Å². The molecule has 1 aliphatic carbocycles. The Morgan fingerprint density at radius 2 is 1.90 bits per heavy atom. The maximum atomic E-state index is 13.9. The number of aliphatic hydroxyl groups excluding tert-OH is 1. The quantitative estimate of drug-likeness (QED) is 0.844. The Hall–Kier alpha value is -1.63. The van der Waals surface area contributed by atoms with E-state index in [1.165, 1.54) is 0 Å². The van der Waals surface area contributed by atoms with Gasteiger partial charge in [-0.15, -0.1) is 0 Å². The van der Waals surface area contributed by atoms with Crippen LogP contribution >= 0.6 is 0 Å². The lowest BCUT2D eigenvalue weighted by molar-refractivity contribution is -0.140. The third-order valence-corrected chi connectivity index (χ3v) is 3.79. The van der Waals surface area contributed by atoms with Gasteiger partial charge < -0.3 is 10.4 Å². The molecule has 1 saturated carbocycles. The Labute approximate surface area is 119 Å². The monoisotopic (exact) mass is 305 g/mol. The Bertz CT molecular complexity index is 536. The normalized spacial score (nSPS) is 17.8. The van der Waals surface area contributed by atoms with Gasteiger partial charge in [-0.2, -0.15) is 13.2 Å². The molecule has 0 spiro atoms. The highest BCUT2D eigenvalue weighted by atomic mass is 19.4. The molecule has 0 aliphatic heterocycles. The highest BCUT2D eigenvalue weighted by Gasteiger charge is 2.38. The van der Waals surface area contributed by atoms with Crippen molar-refractivity contribution in [1.82, 2.24) is 5.32 Å². The van der Waals surface area contributed by atoms with Crippen LogP contribution in [0.4, 0.5) is 17.6 Å². The van der Waals surface area contributed by atoms with Crippen LogP contribution in [-0.4, -0.2) is 23.2 Å². The number of nitrogens with one attached hydrogen (secondary N) is 1. The van der Waals surface area contributed by atoms with Gasteiger partial charge in [-0.1, -0.05) is 18.9 Å². The van der Waals surface area contributed by atoms with E-state index in [0.717, 1.165) is 25.0 Å². The smallest absolute Gasteiger partial charge is 0.394 e. The van der Waals surface area contributed by atoms with Crippen LogP contribution in [0.5, 0.6) is 0 Å². The van der Waals surface area contributed by atoms with E-state index in [1.54, 1.807) is 0 Å². The molecule has 7 heteroatoms. The van der Waals surface area contributed by atoms with Gasteiger partial charge in [0.1, 0.15) is 5.82 Å². The summed E-state index contributed by atoms with van der Waals surface area (Å²) in [7, 11) is 0. The molecule has 0 bridgehead atoms. The molecule has 2 N–H and O–H groups in total. The molecule has 1 fully saturated rings. The number of benzene rings is 1. The van der Waals surface area contributed by atoms with Crippen molar-refractivity contribution in [2.45, 2.75) is 37.4 Å². The van der Waals surface area contributed by atoms with Crippen molar-refractivity contribution in [2.75, 3.05) is 6.61 Å². The van der Waals surface area contributed by atoms with Crippen LogP contribution in [0.25, 0.3) is 0 Å². The standard InChI is InChI=1S/C14H15F4NO2/c15-11-9(4-3-5-10(11)14(16,17)18)12(21)19-13(8-20)6-1-2-7-13/h3-5,20H,1-2,6-8H2,(H,19,21). The summed E-state index contributed by atoms with van der Waals surface area (Å²) in [6, 6.07) is 2.57. The van der Waals surface area contributed by atoms with Crippen molar-refractivity contribution in [1.29, 1.82) is 0 Å². The van der Waals surface area contributed by atoms with Gasteiger partial charge in [0.2, 0.25) is 0 Å². The Morgan fingerprint density at radius 1 is 1.29 bits per heavy atom. The first kappa shape index (κ1) is 15.8. The summed E-state index contributed by atoms with van der Waals surface area (Å²) in [5, 5.41) is 11.9. The SMILES string of the molecule is O=C(NC1(CO)CCCC1)c1cccc(C(F)(F)F)c1F. The van der Waals surface area contributed by atoms with Crippen molar-refractivity contribution >= 4 is 5.91 Å². The van der Waals surface area contributed by atoms with E-state index >= 15 is 0 Å². The molecule has 21 heavy (non-hydrogen) atoms. The highest BCUT2D eigenvalue weighted by molar-refractivity contribution is 5.95. The van der Waals surface area contributed by atoms with E-state index in [2.05, 4.69) is 5.32 Å². The third-order valence-electron chi connectivity index (χ3n) is 3.79. The van der Waals surface area contributed by atoms with Crippen LogP contribution in [0.3, 0.4) is 0 Å². The summed E-state index contributed by atoms with van der Waals surface area (Å²) < 4.78 is 51.8. The Balaban J connectivity index is 2.28. The van der Waals surface area contributed by atoms with Crippen molar-refractivity contribution in [3.8, 4) is 0 Å². The molecule has 0 saturated heterocycles. The van der Waals surface area contributed by atoms with E-state index in [4.69, 9.17) is 0 Å². The number of amides is 1. The van der Waals surface area contributed by atoms with Crippen LogP contribution in [0.2, 0.25) is 0 Å². The molecule has 1 amide bonds. The number of hydrogen-bond acceptors (Lipinski definition) is 2. The number of rotatable bonds is 3. The molecule has 1 aromatic carbocycles. The molecule has 1 aromatic rings.